The summed E-state index contributed by atoms with van der Waals surface area (Å²) in [6.45, 7) is 5.95. The molecule has 3 rings (SSSR count). The lowest BCUT2D eigenvalue weighted by Crippen LogP contribution is -2.51. The summed E-state index contributed by atoms with van der Waals surface area (Å²) in [7, 11) is 0. The molecule has 0 spiro atoms. The minimum atomic E-state index is -4.54. The summed E-state index contributed by atoms with van der Waals surface area (Å²) < 4.78 is 47.5. The smallest absolute Gasteiger partial charge is 0.409 e. The van der Waals surface area contributed by atoms with E-state index in [-0.39, 0.29) is 12.0 Å². The first-order chi connectivity index (χ1) is 13.1. The number of halogens is 3. The van der Waals surface area contributed by atoms with Crippen molar-refractivity contribution >= 4 is 16.7 Å². The molecule has 1 aliphatic heterocycles. The Morgan fingerprint density at radius 2 is 1.86 bits per heavy atom. The lowest BCUT2D eigenvalue weighted by Gasteiger charge is -2.38. The third kappa shape index (κ3) is 4.24. The molecule has 1 atom stereocenters. The Balaban J connectivity index is 1.95. The molecule has 28 heavy (non-hydrogen) atoms. The van der Waals surface area contributed by atoms with Gasteiger partial charge in [-0.3, -0.25) is 10.2 Å². The zero-order valence-electron chi connectivity index (χ0n) is 16.3. The first-order valence-electron chi connectivity index (χ1n) is 9.44. The number of nitrogens with zero attached hydrogens (tertiary/aromatic N) is 1. The lowest BCUT2D eigenvalue weighted by molar-refractivity contribution is -0.203. The molecule has 0 aliphatic carbocycles. The van der Waals surface area contributed by atoms with Crippen LogP contribution in [-0.4, -0.2) is 29.2 Å². The number of hydrogen-bond donors (Lipinski definition) is 1. The van der Waals surface area contributed by atoms with Crippen molar-refractivity contribution < 1.29 is 22.7 Å². The van der Waals surface area contributed by atoms with Crippen LogP contribution in [0, 0.1) is 0 Å². The van der Waals surface area contributed by atoms with Crippen LogP contribution in [0.3, 0.4) is 0 Å². The topological polar surface area (TPSA) is 41.6 Å². The van der Waals surface area contributed by atoms with Crippen LogP contribution in [0.4, 0.5) is 13.2 Å². The number of unbranched alkanes of at least 4 members (excludes halogenated alkanes) is 1. The van der Waals surface area contributed by atoms with Gasteiger partial charge in [0.05, 0.1) is 6.61 Å². The van der Waals surface area contributed by atoms with Crippen LogP contribution in [0.5, 0.6) is 5.75 Å². The van der Waals surface area contributed by atoms with E-state index < -0.39 is 23.7 Å². The Labute approximate surface area is 162 Å². The summed E-state index contributed by atoms with van der Waals surface area (Å²) in [5.41, 5.74) is 1.54. The highest BCUT2D eigenvalue weighted by Gasteiger charge is 2.52. The van der Waals surface area contributed by atoms with E-state index in [1.165, 1.54) is 12.1 Å². The number of rotatable bonds is 6. The van der Waals surface area contributed by atoms with Gasteiger partial charge in [-0.15, -0.1) is 0 Å². The van der Waals surface area contributed by atoms with Gasteiger partial charge in [0.25, 0.3) is 0 Å². The fraction of sp³-hybridized carbons (Fsp3) is 0.476. The number of carbonyl (C=O) groups excluding carboxylic acids is 1. The van der Waals surface area contributed by atoms with Gasteiger partial charge in [-0.2, -0.15) is 18.2 Å². The molecule has 1 aliphatic rings. The van der Waals surface area contributed by atoms with Crippen molar-refractivity contribution in [2.45, 2.75) is 57.8 Å². The van der Waals surface area contributed by atoms with Gasteiger partial charge in [0.15, 0.2) is 6.04 Å². The normalized spacial score (nSPS) is 18.3. The van der Waals surface area contributed by atoms with Gasteiger partial charge in [0, 0.05) is 12.0 Å². The zero-order valence-corrected chi connectivity index (χ0v) is 16.3. The zero-order chi connectivity index (χ0) is 20.5. The molecule has 1 N–H and O–H groups in total. The van der Waals surface area contributed by atoms with E-state index in [1.54, 1.807) is 32.0 Å². The number of hydrogen-bond acceptors (Lipinski definition) is 3. The van der Waals surface area contributed by atoms with Gasteiger partial charge in [-0.05, 0) is 54.8 Å². The number of ether oxygens (including phenoxy) is 1. The van der Waals surface area contributed by atoms with E-state index in [0.29, 0.717) is 17.7 Å². The first-order valence-corrected chi connectivity index (χ1v) is 9.44. The van der Waals surface area contributed by atoms with Crippen molar-refractivity contribution in [2.75, 3.05) is 6.61 Å². The summed E-state index contributed by atoms with van der Waals surface area (Å²) in [5.74, 6) is 0.294. The van der Waals surface area contributed by atoms with Crippen LogP contribution < -0.4 is 10.2 Å². The monoisotopic (exact) mass is 394 g/mol. The average molecular weight is 394 g/mol. The van der Waals surface area contributed by atoms with Gasteiger partial charge in [0.2, 0.25) is 5.91 Å². The molecular formula is C21H25F3N2O2. The predicted molar refractivity (Wildman–Crippen MR) is 102 cm³/mol. The Morgan fingerprint density at radius 1 is 1.18 bits per heavy atom. The van der Waals surface area contributed by atoms with E-state index in [0.717, 1.165) is 23.2 Å². The van der Waals surface area contributed by atoms with Crippen molar-refractivity contribution in [1.29, 1.82) is 0 Å². The SMILES string of the molecule is CCCCOc1ccc2cc([C@H](N3NC(=O)CC3(C)C)C(F)(F)F)ccc2c1. The number of hydrazine groups is 1. The van der Waals surface area contributed by atoms with Crippen LogP contribution in [-0.2, 0) is 4.79 Å². The molecule has 2 aromatic rings. The van der Waals surface area contributed by atoms with E-state index in [4.69, 9.17) is 4.74 Å². The number of amides is 1. The minimum absolute atomic E-state index is 0.0195. The summed E-state index contributed by atoms with van der Waals surface area (Å²) >= 11 is 0. The van der Waals surface area contributed by atoms with Crippen molar-refractivity contribution in [2.24, 2.45) is 0 Å². The highest BCUT2D eigenvalue weighted by molar-refractivity contribution is 5.85. The van der Waals surface area contributed by atoms with Gasteiger partial charge in [-0.1, -0.05) is 31.5 Å². The number of alkyl halides is 3. The molecule has 1 amide bonds. The largest absolute Gasteiger partial charge is 0.494 e. The van der Waals surface area contributed by atoms with Crippen molar-refractivity contribution in [1.82, 2.24) is 10.4 Å². The number of benzene rings is 2. The number of fused-ring (bicyclic) bond motifs is 1. The fourth-order valence-corrected chi connectivity index (χ4v) is 3.54. The van der Waals surface area contributed by atoms with E-state index >= 15 is 0 Å². The highest BCUT2D eigenvalue weighted by atomic mass is 19.4. The molecule has 0 unspecified atom stereocenters. The van der Waals surface area contributed by atoms with Crippen molar-refractivity contribution in [3.05, 3.63) is 42.0 Å². The molecule has 1 heterocycles. The molecular weight excluding hydrogens is 369 g/mol. The van der Waals surface area contributed by atoms with Gasteiger partial charge < -0.3 is 4.74 Å². The first kappa shape index (κ1) is 20.5. The number of carbonyl (C=O) groups is 1. The third-order valence-corrected chi connectivity index (χ3v) is 4.98. The van der Waals surface area contributed by atoms with E-state index in [2.05, 4.69) is 12.3 Å². The molecule has 1 fully saturated rings. The second kappa shape index (κ2) is 7.62. The minimum Gasteiger partial charge on any atom is -0.494 e. The fourth-order valence-electron chi connectivity index (χ4n) is 3.54. The summed E-state index contributed by atoms with van der Waals surface area (Å²) in [6.07, 6.45) is -2.54. The van der Waals surface area contributed by atoms with Crippen molar-refractivity contribution in [3.63, 3.8) is 0 Å². The van der Waals surface area contributed by atoms with Crippen LogP contribution in [0.15, 0.2) is 36.4 Å². The highest BCUT2D eigenvalue weighted by Crippen LogP contribution is 2.43. The predicted octanol–water partition coefficient (Wildman–Crippen LogP) is 5.14. The molecule has 4 nitrogen and oxygen atoms in total. The van der Waals surface area contributed by atoms with Crippen LogP contribution in [0.1, 0.15) is 51.6 Å². The maximum atomic E-state index is 14.0. The average Bonchev–Trinajstić information content (AvgIpc) is 2.86. The maximum absolute atomic E-state index is 14.0. The molecule has 0 saturated carbocycles. The van der Waals surface area contributed by atoms with Gasteiger partial charge in [-0.25, -0.2) is 0 Å². The summed E-state index contributed by atoms with van der Waals surface area (Å²) in [6, 6.07) is 8.12. The van der Waals surface area contributed by atoms with Crippen molar-refractivity contribution in [3.8, 4) is 5.75 Å². The molecule has 7 heteroatoms. The van der Waals surface area contributed by atoms with Gasteiger partial charge in [0.1, 0.15) is 5.75 Å². The molecule has 1 saturated heterocycles. The second-order valence-electron chi connectivity index (χ2n) is 7.81. The maximum Gasteiger partial charge on any atom is 0.409 e. The molecule has 0 aromatic heterocycles. The van der Waals surface area contributed by atoms with E-state index in [1.807, 2.05) is 6.07 Å². The standard InChI is InChI=1S/C21H25F3N2O2/c1-4-5-10-28-17-9-8-14-11-16(7-6-15(14)12-17)19(21(22,23)24)26-20(2,3)13-18(27)25-26/h6-9,11-12,19H,4-5,10,13H2,1-3H3,(H,25,27)/t19-/m0/s1. The third-order valence-electron chi connectivity index (χ3n) is 4.98. The van der Waals surface area contributed by atoms with Gasteiger partial charge >= 0.3 is 6.18 Å². The van der Waals surface area contributed by atoms with Crippen LogP contribution >= 0.6 is 0 Å². The molecule has 0 radical (unpaired) electrons. The number of nitrogens with one attached hydrogen (secondary N) is 1. The lowest BCUT2D eigenvalue weighted by atomic mass is 9.95. The Bertz CT molecular complexity index is 864. The Morgan fingerprint density at radius 3 is 2.46 bits per heavy atom. The molecule has 152 valence electrons. The summed E-state index contributed by atoms with van der Waals surface area (Å²) in [5, 5.41) is 2.53. The Hall–Kier alpha value is -2.28. The molecule has 0 bridgehead atoms. The second-order valence-corrected chi connectivity index (χ2v) is 7.81. The quantitative estimate of drug-likeness (QED) is 0.690. The molecule has 2 aromatic carbocycles. The Kier molecular flexibility index (Phi) is 5.57. The van der Waals surface area contributed by atoms with Crippen LogP contribution in [0.25, 0.3) is 10.8 Å². The van der Waals surface area contributed by atoms with Crippen LogP contribution in [0.2, 0.25) is 0 Å². The van der Waals surface area contributed by atoms with E-state index in [9.17, 15) is 18.0 Å². The summed E-state index contributed by atoms with van der Waals surface area (Å²) in [4.78, 5) is 11.8.